The van der Waals surface area contributed by atoms with Crippen LogP contribution in [-0.4, -0.2) is 13.6 Å². The van der Waals surface area contributed by atoms with Crippen molar-refractivity contribution in [1.82, 2.24) is 0 Å². The molecule has 0 aromatic heterocycles. The van der Waals surface area contributed by atoms with Crippen molar-refractivity contribution in [2.75, 3.05) is 13.6 Å². The molecule has 0 spiro atoms. The molecule has 7 heavy (non-hydrogen) atoms. The predicted molar refractivity (Wildman–Crippen MR) is 24.1 cm³/mol. The van der Waals surface area contributed by atoms with Gasteiger partial charge in [0.2, 0.25) is 0 Å². The molecule has 44 valence electrons. The van der Waals surface area contributed by atoms with Crippen molar-refractivity contribution in [3.8, 4) is 0 Å². The molecule has 0 amide bonds. The number of nitrogens with zero attached hydrogens (tertiary/aromatic N) is 1. The van der Waals surface area contributed by atoms with Gasteiger partial charge in [0, 0.05) is 34.7 Å². The minimum Gasteiger partial charge on any atom is -0.667 e. The summed E-state index contributed by atoms with van der Waals surface area (Å²) >= 11 is 0. The summed E-state index contributed by atoms with van der Waals surface area (Å²) in [6.45, 7) is 4.48. The Labute approximate surface area is 67.1 Å². The molecule has 1 nitrogen and oxygen atoms in total. The van der Waals surface area contributed by atoms with E-state index < -0.39 is 0 Å². The first-order valence-electron chi connectivity index (χ1n) is 1.76. The molecule has 3 heteroatoms. The van der Waals surface area contributed by atoms with E-state index in [1.807, 2.05) is 0 Å². The smallest absolute Gasteiger partial charge is 0 e. The summed E-state index contributed by atoms with van der Waals surface area (Å²) in [6.07, 6.45) is 0.927. The zero-order valence-electron chi connectivity index (χ0n) is 4.39. The first kappa shape index (κ1) is 15.7. The molecule has 0 N–H and O–H groups in total. The van der Waals surface area contributed by atoms with Gasteiger partial charge in [-0.05, 0) is 0 Å². The topological polar surface area (TPSA) is 14.1 Å². The largest absolute Gasteiger partial charge is 0.667 e. The van der Waals surface area contributed by atoms with E-state index in [4.69, 9.17) is 0 Å². The van der Waals surface area contributed by atoms with Gasteiger partial charge in [0.15, 0.2) is 0 Å². The van der Waals surface area contributed by atoms with Crippen molar-refractivity contribution < 1.29 is 34.7 Å². The van der Waals surface area contributed by atoms with Gasteiger partial charge in [-0.2, -0.15) is 13.6 Å². The normalized spacial score (nSPS) is 6.00. The minimum atomic E-state index is 0. The van der Waals surface area contributed by atoms with Gasteiger partial charge >= 0.3 is 0 Å². The molecule has 0 atom stereocenters. The molecule has 0 aliphatic rings. The van der Waals surface area contributed by atoms with E-state index in [9.17, 15) is 0 Å². The van der Waals surface area contributed by atoms with E-state index in [-0.39, 0.29) is 34.7 Å². The van der Waals surface area contributed by atoms with Crippen LogP contribution in [-0.2, 0) is 34.7 Å². The monoisotopic (exact) mass is 175 g/mol. The van der Waals surface area contributed by atoms with Crippen molar-refractivity contribution in [1.29, 1.82) is 0 Å². The molecule has 0 rings (SSSR count). The van der Waals surface area contributed by atoms with Crippen LogP contribution >= 0.6 is 0 Å². The van der Waals surface area contributed by atoms with Crippen LogP contribution in [0.15, 0.2) is 0 Å². The first-order valence-corrected chi connectivity index (χ1v) is 1.76. The quantitative estimate of drug-likeness (QED) is 0.560. The Bertz CT molecular complexity index is 17.2. The van der Waals surface area contributed by atoms with Crippen molar-refractivity contribution in [2.24, 2.45) is 0 Å². The van der Waals surface area contributed by atoms with Gasteiger partial charge in [-0.25, -0.2) is 6.42 Å². The second-order valence-electron chi connectivity index (χ2n) is 0.893. The van der Waals surface area contributed by atoms with E-state index in [2.05, 4.69) is 12.2 Å². The summed E-state index contributed by atoms with van der Waals surface area (Å²) in [5.41, 5.74) is 0. The first-order chi connectivity index (χ1) is 2.41. The Morgan fingerprint density at radius 1 is 1.43 bits per heavy atom. The molecule has 0 saturated heterocycles. The molecule has 0 bridgehead atoms. The molecule has 0 heterocycles. The molecule has 0 radical (unpaired) electrons. The number of hydrogen-bond donors (Lipinski definition) is 0. The Morgan fingerprint density at radius 2 is 1.86 bits per heavy atom. The van der Waals surface area contributed by atoms with Crippen LogP contribution in [0.25, 0.3) is 5.32 Å². The molecule has 0 unspecified atom stereocenters. The zero-order valence-corrected chi connectivity index (χ0v) is 6.94. The molecule has 0 fully saturated rings. The predicted octanol–water partition coefficient (Wildman–Crippen LogP) is 1.21. The number of hydrogen-bond acceptors (Lipinski definition) is 0. The van der Waals surface area contributed by atoms with Gasteiger partial charge in [0.05, 0.1) is 0 Å². The summed E-state index contributed by atoms with van der Waals surface area (Å²) in [4.78, 5) is 0. The fourth-order valence-electron chi connectivity index (χ4n) is 0.158. The van der Waals surface area contributed by atoms with Crippen LogP contribution in [0.5, 0.6) is 0 Å². The van der Waals surface area contributed by atoms with Gasteiger partial charge in [-0.15, -0.1) is 0 Å². The summed E-state index contributed by atoms with van der Waals surface area (Å²) in [7, 11) is 1.80. The maximum atomic E-state index is 3.79. The molecule has 0 aliphatic carbocycles. The van der Waals surface area contributed by atoms with E-state index >= 15 is 0 Å². The van der Waals surface area contributed by atoms with Crippen LogP contribution in [0, 0.1) is 6.92 Å². The molecule has 0 saturated carbocycles. The second kappa shape index (κ2) is 15.7. The van der Waals surface area contributed by atoms with Gasteiger partial charge in [-0.3, -0.25) is 0 Å². The van der Waals surface area contributed by atoms with Crippen LogP contribution < -0.4 is 0 Å². The van der Waals surface area contributed by atoms with Crippen molar-refractivity contribution in [2.45, 2.75) is 6.42 Å². The molecule has 0 aromatic rings. The van der Waals surface area contributed by atoms with Gasteiger partial charge in [0.25, 0.3) is 0 Å². The fourth-order valence-corrected chi connectivity index (χ4v) is 0.158. The van der Waals surface area contributed by atoms with E-state index in [1.54, 1.807) is 7.05 Å². The Hall–Kier alpha value is 1.02. The minimum absolute atomic E-state index is 0. The maximum Gasteiger partial charge on any atom is 0 e. The van der Waals surface area contributed by atoms with Crippen molar-refractivity contribution in [3.63, 3.8) is 0 Å². The van der Waals surface area contributed by atoms with Crippen LogP contribution in [0.3, 0.4) is 0 Å². The van der Waals surface area contributed by atoms with Gasteiger partial charge in [-0.1, -0.05) is 0 Å². The van der Waals surface area contributed by atoms with Crippen molar-refractivity contribution in [3.05, 3.63) is 12.2 Å². The summed E-state index contributed by atoms with van der Waals surface area (Å²) in [6, 6.07) is 0. The third-order valence-corrected chi connectivity index (χ3v) is 0.382. The average Bonchev–Trinajstić information content (AvgIpc) is 1.41. The summed E-state index contributed by atoms with van der Waals surface area (Å²) in [5, 5.41) is 3.79. The Balaban J connectivity index is -0.0000000800. The fraction of sp³-hybridized carbons (Fsp3) is 0.750. The third kappa shape index (κ3) is 19.4. The molecular weight excluding hydrogens is 166 g/mol. The SMILES string of the molecule is [CH2-]CC[N-]C.[Cr].[Cr]. The maximum absolute atomic E-state index is 3.79. The van der Waals surface area contributed by atoms with Crippen LogP contribution in [0.2, 0.25) is 0 Å². The van der Waals surface area contributed by atoms with E-state index in [0.717, 1.165) is 13.0 Å². The molecular formula is C4H9Cr2N-2. The standard InChI is InChI=1S/C4H9N.2Cr/c1-3-4-5-2;;/h1,3-4H2,2H3;;/q-2;;. The van der Waals surface area contributed by atoms with E-state index in [0.29, 0.717) is 0 Å². The summed E-state index contributed by atoms with van der Waals surface area (Å²) < 4.78 is 0. The Morgan fingerprint density at radius 3 is 1.86 bits per heavy atom. The zero-order chi connectivity index (χ0) is 4.12. The summed E-state index contributed by atoms with van der Waals surface area (Å²) in [5.74, 6) is 0. The van der Waals surface area contributed by atoms with Crippen molar-refractivity contribution >= 4 is 0 Å². The van der Waals surface area contributed by atoms with E-state index in [1.165, 1.54) is 0 Å². The number of rotatable bonds is 2. The molecule has 0 aliphatic heterocycles. The van der Waals surface area contributed by atoms with Gasteiger partial charge in [0.1, 0.15) is 0 Å². The molecule has 0 aromatic carbocycles. The van der Waals surface area contributed by atoms with Crippen LogP contribution in [0.1, 0.15) is 6.42 Å². The Kier molecular flexibility index (Phi) is 35.3. The third-order valence-electron chi connectivity index (χ3n) is 0.382. The second-order valence-corrected chi connectivity index (χ2v) is 0.893. The van der Waals surface area contributed by atoms with Crippen LogP contribution in [0.4, 0.5) is 0 Å². The van der Waals surface area contributed by atoms with Gasteiger partial charge < -0.3 is 12.2 Å². The average molecular weight is 175 g/mol.